The van der Waals surface area contributed by atoms with Crippen molar-refractivity contribution in [2.75, 3.05) is 6.54 Å². The third-order valence-corrected chi connectivity index (χ3v) is 3.34. The van der Waals surface area contributed by atoms with Gasteiger partial charge in [0, 0.05) is 22.8 Å². The number of carboxylic acid groups (broad SMARTS) is 1. The summed E-state index contributed by atoms with van der Waals surface area (Å²) < 4.78 is 0. The molecular formula is C11H11N3O2S. The van der Waals surface area contributed by atoms with E-state index in [-0.39, 0.29) is 5.69 Å². The van der Waals surface area contributed by atoms with Crippen LogP contribution in [0.2, 0.25) is 0 Å². The highest BCUT2D eigenvalue weighted by atomic mass is 32.1. The van der Waals surface area contributed by atoms with E-state index in [1.807, 2.05) is 6.07 Å². The molecule has 2 rings (SSSR count). The Labute approximate surface area is 102 Å². The summed E-state index contributed by atoms with van der Waals surface area (Å²) in [4.78, 5) is 19.8. The Hall–Kier alpha value is -1.79. The van der Waals surface area contributed by atoms with Crippen LogP contribution in [0.15, 0.2) is 24.5 Å². The number of aromatic nitrogens is 2. The Morgan fingerprint density at radius 1 is 1.53 bits per heavy atom. The van der Waals surface area contributed by atoms with Crippen LogP contribution in [-0.4, -0.2) is 27.6 Å². The first-order chi connectivity index (χ1) is 8.22. The summed E-state index contributed by atoms with van der Waals surface area (Å²) >= 11 is 1.35. The number of nitrogens with two attached hydrogens (primary N) is 1. The van der Waals surface area contributed by atoms with Crippen LogP contribution in [0.4, 0.5) is 0 Å². The van der Waals surface area contributed by atoms with Gasteiger partial charge in [0.1, 0.15) is 5.01 Å². The molecule has 0 saturated carbocycles. The highest BCUT2D eigenvalue weighted by molar-refractivity contribution is 7.15. The van der Waals surface area contributed by atoms with E-state index in [0.29, 0.717) is 22.9 Å². The zero-order valence-electron chi connectivity index (χ0n) is 8.96. The lowest BCUT2D eigenvalue weighted by molar-refractivity contribution is 0.0690. The smallest absolute Gasteiger partial charge is 0.355 e. The van der Waals surface area contributed by atoms with Gasteiger partial charge < -0.3 is 10.8 Å². The predicted molar refractivity (Wildman–Crippen MR) is 65.1 cm³/mol. The van der Waals surface area contributed by atoms with Gasteiger partial charge in [0.05, 0.1) is 0 Å². The monoisotopic (exact) mass is 249 g/mol. The van der Waals surface area contributed by atoms with Crippen molar-refractivity contribution >= 4 is 17.3 Å². The molecule has 0 spiro atoms. The van der Waals surface area contributed by atoms with Crippen molar-refractivity contribution < 1.29 is 9.90 Å². The maximum absolute atomic E-state index is 11.0. The minimum absolute atomic E-state index is 0.0966. The molecule has 5 nitrogen and oxygen atoms in total. The third-order valence-electron chi connectivity index (χ3n) is 2.18. The summed E-state index contributed by atoms with van der Waals surface area (Å²) in [6.07, 6.45) is 3.85. The van der Waals surface area contributed by atoms with E-state index in [1.54, 1.807) is 18.5 Å². The number of carbonyl (C=O) groups is 1. The molecule has 0 aromatic carbocycles. The highest BCUT2D eigenvalue weighted by Gasteiger charge is 2.17. The number of carboxylic acids is 1. The largest absolute Gasteiger partial charge is 0.476 e. The number of pyridine rings is 1. The maximum atomic E-state index is 11.0. The Morgan fingerprint density at radius 2 is 2.35 bits per heavy atom. The van der Waals surface area contributed by atoms with Gasteiger partial charge in [-0.05, 0) is 25.1 Å². The lowest BCUT2D eigenvalue weighted by Crippen LogP contribution is -2.06. The quantitative estimate of drug-likeness (QED) is 0.855. The molecular weight excluding hydrogens is 238 g/mol. The molecule has 0 radical (unpaired) electrons. The summed E-state index contributed by atoms with van der Waals surface area (Å²) in [5.74, 6) is -1.01. The normalized spacial score (nSPS) is 10.4. The van der Waals surface area contributed by atoms with Crippen LogP contribution >= 0.6 is 11.3 Å². The lowest BCUT2D eigenvalue weighted by atomic mass is 10.3. The zero-order valence-corrected chi connectivity index (χ0v) is 9.78. The van der Waals surface area contributed by atoms with Gasteiger partial charge in [-0.15, -0.1) is 11.3 Å². The standard InChI is InChI=1S/C11H11N3O2S/c12-4-3-8-9(11(15)16)14-10(17-8)7-2-1-5-13-6-7/h1-2,5-6H,3-4,12H2,(H,15,16). The molecule has 0 atom stereocenters. The van der Waals surface area contributed by atoms with Crippen molar-refractivity contribution in [1.82, 2.24) is 9.97 Å². The van der Waals surface area contributed by atoms with Crippen LogP contribution in [-0.2, 0) is 6.42 Å². The van der Waals surface area contributed by atoms with E-state index in [4.69, 9.17) is 10.8 Å². The van der Waals surface area contributed by atoms with Crippen LogP contribution in [0.25, 0.3) is 10.6 Å². The summed E-state index contributed by atoms with van der Waals surface area (Å²) in [5, 5.41) is 9.71. The van der Waals surface area contributed by atoms with Crippen LogP contribution in [0, 0.1) is 0 Å². The van der Waals surface area contributed by atoms with Crippen molar-refractivity contribution in [3.05, 3.63) is 35.1 Å². The van der Waals surface area contributed by atoms with Gasteiger partial charge in [0.2, 0.25) is 0 Å². The number of rotatable bonds is 4. The summed E-state index contributed by atoms with van der Waals surface area (Å²) in [6.45, 7) is 0.412. The second-order valence-corrected chi connectivity index (χ2v) is 4.46. The third kappa shape index (κ3) is 2.48. The first-order valence-electron chi connectivity index (χ1n) is 5.06. The average Bonchev–Trinajstić information content (AvgIpc) is 2.75. The molecule has 88 valence electrons. The SMILES string of the molecule is NCCc1sc(-c2cccnc2)nc1C(=O)O. The number of aromatic carboxylic acids is 1. The minimum atomic E-state index is -1.01. The lowest BCUT2D eigenvalue weighted by Gasteiger charge is -1.93. The van der Waals surface area contributed by atoms with E-state index in [0.717, 1.165) is 5.56 Å². The Bertz CT molecular complexity index is 525. The van der Waals surface area contributed by atoms with Gasteiger partial charge in [-0.2, -0.15) is 0 Å². The van der Waals surface area contributed by atoms with E-state index in [9.17, 15) is 4.79 Å². The molecule has 0 aliphatic carbocycles. The van der Waals surface area contributed by atoms with Crippen LogP contribution in [0.3, 0.4) is 0 Å². The minimum Gasteiger partial charge on any atom is -0.476 e. The highest BCUT2D eigenvalue weighted by Crippen LogP contribution is 2.27. The summed E-state index contributed by atoms with van der Waals surface area (Å²) in [7, 11) is 0. The first-order valence-corrected chi connectivity index (χ1v) is 5.87. The molecule has 0 fully saturated rings. The van der Waals surface area contributed by atoms with Crippen molar-refractivity contribution in [3.63, 3.8) is 0 Å². The number of hydrogen-bond donors (Lipinski definition) is 2. The van der Waals surface area contributed by atoms with Gasteiger partial charge >= 0.3 is 5.97 Å². The van der Waals surface area contributed by atoms with E-state index < -0.39 is 5.97 Å². The van der Waals surface area contributed by atoms with Crippen molar-refractivity contribution in [1.29, 1.82) is 0 Å². The Morgan fingerprint density at radius 3 is 2.94 bits per heavy atom. The molecule has 17 heavy (non-hydrogen) atoms. The van der Waals surface area contributed by atoms with E-state index in [2.05, 4.69) is 9.97 Å². The predicted octanol–water partition coefficient (Wildman–Crippen LogP) is 1.40. The maximum Gasteiger partial charge on any atom is 0.355 e. The zero-order chi connectivity index (χ0) is 12.3. The fraction of sp³-hybridized carbons (Fsp3) is 0.182. The Kier molecular flexibility index (Phi) is 3.46. The Balaban J connectivity index is 2.44. The molecule has 2 heterocycles. The molecule has 0 aliphatic rings. The van der Waals surface area contributed by atoms with Crippen molar-refractivity contribution in [3.8, 4) is 10.6 Å². The molecule has 0 saturated heterocycles. The number of hydrogen-bond acceptors (Lipinski definition) is 5. The van der Waals surface area contributed by atoms with Crippen LogP contribution in [0.5, 0.6) is 0 Å². The van der Waals surface area contributed by atoms with Gasteiger partial charge in [0.15, 0.2) is 5.69 Å². The van der Waals surface area contributed by atoms with Crippen LogP contribution in [0.1, 0.15) is 15.4 Å². The molecule has 2 aromatic heterocycles. The topological polar surface area (TPSA) is 89.1 Å². The van der Waals surface area contributed by atoms with Crippen LogP contribution < -0.4 is 5.73 Å². The second kappa shape index (κ2) is 5.03. The van der Waals surface area contributed by atoms with E-state index in [1.165, 1.54) is 11.3 Å². The molecule has 0 bridgehead atoms. The van der Waals surface area contributed by atoms with E-state index >= 15 is 0 Å². The molecule has 0 amide bonds. The summed E-state index contributed by atoms with van der Waals surface area (Å²) in [6, 6.07) is 3.64. The first kappa shape index (κ1) is 11.7. The molecule has 2 aromatic rings. The van der Waals surface area contributed by atoms with Crippen molar-refractivity contribution in [2.45, 2.75) is 6.42 Å². The number of nitrogens with zero attached hydrogens (tertiary/aromatic N) is 2. The van der Waals surface area contributed by atoms with Gasteiger partial charge in [-0.1, -0.05) is 0 Å². The molecule has 0 aliphatic heterocycles. The fourth-order valence-corrected chi connectivity index (χ4v) is 2.49. The second-order valence-electron chi connectivity index (χ2n) is 3.38. The van der Waals surface area contributed by atoms with Gasteiger partial charge in [-0.25, -0.2) is 9.78 Å². The van der Waals surface area contributed by atoms with Gasteiger partial charge in [0.25, 0.3) is 0 Å². The molecule has 0 unspecified atom stereocenters. The molecule has 6 heteroatoms. The fourth-order valence-electron chi connectivity index (χ4n) is 1.43. The summed E-state index contributed by atoms with van der Waals surface area (Å²) in [5.41, 5.74) is 6.37. The van der Waals surface area contributed by atoms with Gasteiger partial charge in [-0.3, -0.25) is 4.98 Å². The molecule has 3 N–H and O–H groups in total. The average molecular weight is 249 g/mol. The number of thiazole rings is 1. The van der Waals surface area contributed by atoms with Crippen molar-refractivity contribution in [2.24, 2.45) is 5.73 Å².